The maximum Gasteiger partial charge on any atom is 0.286 e. The van der Waals surface area contributed by atoms with Crippen LogP contribution in [0, 0.1) is 10.8 Å². The van der Waals surface area contributed by atoms with Gasteiger partial charge in [-0.05, 0) is 6.92 Å². The van der Waals surface area contributed by atoms with Gasteiger partial charge >= 0.3 is 0 Å². The largest absolute Gasteiger partial charge is 0.438 e. The first-order valence-corrected chi connectivity index (χ1v) is 4.24. The first-order valence-electron chi connectivity index (χ1n) is 3.17. The van der Waals surface area contributed by atoms with Crippen LogP contribution in [0.25, 0.3) is 11.7 Å². The molecular weight excluding hydrogens is 273 g/mol. The maximum atomic E-state index is 5.14. The van der Waals surface area contributed by atoms with Crippen molar-refractivity contribution in [2.45, 2.75) is 6.92 Å². The summed E-state index contributed by atoms with van der Waals surface area (Å²) < 4.78 is 10.7. The Balaban J connectivity index is 2.50. The van der Waals surface area contributed by atoms with E-state index in [9.17, 15) is 0 Å². The summed E-state index contributed by atoms with van der Waals surface area (Å²) in [6.45, 7) is 1.82. The van der Waals surface area contributed by atoms with Gasteiger partial charge < -0.3 is 8.83 Å². The molecule has 0 atom stereocenters. The maximum absolute atomic E-state index is 5.14. The molecule has 0 N–H and O–H groups in total. The summed E-state index contributed by atoms with van der Waals surface area (Å²) in [6.07, 6.45) is 1.35. The number of aromatic nitrogens is 3. The third kappa shape index (κ3) is 1.22. The lowest BCUT2D eigenvalue weighted by molar-refractivity contribution is 0.496. The zero-order valence-corrected chi connectivity index (χ0v) is 8.27. The standard InChI is InChI=1S/C6H4IN3O2/c1-3-4(11-2-8-3)5-9-10-6(7)12-5/h2H,1H3. The molecule has 0 saturated carbocycles. The van der Waals surface area contributed by atoms with E-state index in [2.05, 4.69) is 15.2 Å². The van der Waals surface area contributed by atoms with Gasteiger partial charge in [0.25, 0.3) is 9.79 Å². The number of hydrogen-bond donors (Lipinski definition) is 0. The summed E-state index contributed by atoms with van der Waals surface area (Å²) >= 11 is 1.93. The van der Waals surface area contributed by atoms with Crippen LogP contribution in [0.3, 0.4) is 0 Å². The molecule has 0 aromatic carbocycles. The van der Waals surface area contributed by atoms with Crippen LogP contribution >= 0.6 is 22.6 Å². The summed E-state index contributed by atoms with van der Waals surface area (Å²) in [5, 5.41) is 7.46. The summed E-state index contributed by atoms with van der Waals surface area (Å²) in [4.78, 5) is 3.91. The predicted molar refractivity (Wildman–Crippen MR) is 47.2 cm³/mol. The fourth-order valence-corrected chi connectivity index (χ4v) is 1.12. The molecule has 0 radical (unpaired) electrons. The lowest BCUT2D eigenvalue weighted by atomic mass is 10.4. The number of halogens is 1. The van der Waals surface area contributed by atoms with Gasteiger partial charge in [-0.2, -0.15) is 0 Å². The van der Waals surface area contributed by atoms with Crippen molar-refractivity contribution < 1.29 is 8.83 Å². The van der Waals surface area contributed by atoms with E-state index in [0.717, 1.165) is 5.69 Å². The Morgan fingerprint density at radius 3 is 2.75 bits per heavy atom. The number of rotatable bonds is 1. The molecule has 62 valence electrons. The van der Waals surface area contributed by atoms with Gasteiger partial charge in [0, 0.05) is 22.6 Å². The lowest BCUT2D eigenvalue weighted by Crippen LogP contribution is -1.78. The minimum Gasteiger partial charge on any atom is -0.438 e. The Bertz CT molecular complexity index is 395. The van der Waals surface area contributed by atoms with Crippen molar-refractivity contribution in [2.24, 2.45) is 0 Å². The number of aryl methyl sites for hydroxylation is 1. The monoisotopic (exact) mass is 277 g/mol. The highest BCUT2D eigenvalue weighted by atomic mass is 127. The van der Waals surface area contributed by atoms with Crippen LogP contribution in [0.5, 0.6) is 0 Å². The second-order valence-corrected chi connectivity index (χ2v) is 3.05. The zero-order chi connectivity index (χ0) is 8.55. The molecule has 0 spiro atoms. The topological polar surface area (TPSA) is 65.0 Å². The second-order valence-electron chi connectivity index (χ2n) is 2.13. The van der Waals surface area contributed by atoms with Crippen LogP contribution in [0.15, 0.2) is 15.2 Å². The van der Waals surface area contributed by atoms with Gasteiger partial charge in [0.1, 0.15) is 0 Å². The average molecular weight is 277 g/mol. The van der Waals surface area contributed by atoms with Crippen molar-refractivity contribution in [1.82, 2.24) is 15.2 Å². The van der Waals surface area contributed by atoms with Gasteiger partial charge in [0.05, 0.1) is 5.69 Å². The molecule has 0 amide bonds. The van der Waals surface area contributed by atoms with Crippen LogP contribution in [0.4, 0.5) is 0 Å². The quantitative estimate of drug-likeness (QED) is 0.741. The van der Waals surface area contributed by atoms with Crippen molar-refractivity contribution in [2.75, 3.05) is 0 Å². The van der Waals surface area contributed by atoms with E-state index in [1.165, 1.54) is 6.39 Å². The summed E-state index contributed by atoms with van der Waals surface area (Å²) in [7, 11) is 0. The first-order chi connectivity index (χ1) is 5.77. The van der Waals surface area contributed by atoms with Gasteiger partial charge in [0.2, 0.25) is 5.76 Å². The van der Waals surface area contributed by atoms with Crippen LogP contribution in [0.2, 0.25) is 0 Å². The van der Waals surface area contributed by atoms with E-state index in [-0.39, 0.29) is 0 Å². The van der Waals surface area contributed by atoms with Crippen molar-refractivity contribution in [1.29, 1.82) is 0 Å². The van der Waals surface area contributed by atoms with E-state index in [0.29, 0.717) is 15.5 Å². The first kappa shape index (κ1) is 7.71. The summed E-state index contributed by atoms with van der Waals surface area (Å²) in [5.41, 5.74) is 0.745. The molecule has 2 aromatic heterocycles. The Morgan fingerprint density at radius 2 is 2.25 bits per heavy atom. The van der Waals surface area contributed by atoms with E-state index in [1.807, 2.05) is 29.5 Å². The lowest BCUT2D eigenvalue weighted by Gasteiger charge is -1.85. The number of oxazole rings is 1. The third-order valence-corrected chi connectivity index (χ3v) is 1.78. The SMILES string of the molecule is Cc1ncoc1-c1nnc(I)o1. The van der Waals surface area contributed by atoms with E-state index in [4.69, 9.17) is 8.83 Å². The molecule has 0 saturated heterocycles. The van der Waals surface area contributed by atoms with Crippen molar-refractivity contribution >= 4 is 22.6 Å². The molecule has 0 fully saturated rings. The number of hydrogen-bond acceptors (Lipinski definition) is 5. The zero-order valence-electron chi connectivity index (χ0n) is 6.11. The molecule has 0 bridgehead atoms. The minimum absolute atomic E-state index is 0.370. The summed E-state index contributed by atoms with van der Waals surface area (Å²) in [6, 6.07) is 0. The van der Waals surface area contributed by atoms with Crippen LogP contribution < -0.4 is 0 Å². The third-order valence-electron chi connectivity index (χ3n) is 1.34. The highest BCUT2D eigenvalue weighted by Gasteiger charge is 2.13. The van der Waals surface area contributed by atoms with Crippen LogP contribution in [-0.4, -0.2) is 15.2 Å². The molecule has 2 rings (SSSR count). The molecule has 0 unspecified atom stereocenters. The second kappa shape index (κ2) is 2.85. The van der Waals surface area contributed by atoms with E-state index in [1.54, 1.807) is 0 Å². The van der Waals surface area contributed by atoms with Gasteiger partial charge in [-0.3, -0.25) is 0 Å². The van der Waals surface area contributed by atoms with Crippen molar-refractivity contribution in [3.05, 3.63) is 16.0 Å². The molecule has 2 heterocycles. The number of nitrogens with zero attached hydrogens (tertiary/aromatic N) is 3. The molecule has 5 nitrogen and oxygen atoms in total. The molecule has 0 aliphatic rings. The van der Waals surface area contributed by atoms with Crippen LogP contribution in [-0.2, 0) is 0 Å². The van der Waals surface area contributed by atoms with Gasteiger partial charge in [-0.25, -0.2) is 4.98 Å². The molecule has 0 aliphatic carbocycles. The Labute approximate surface area is 81.3 Å². The summed E-state index contributed by atoms with van der Waals surface area (Å²) in [5.74, 6) is 0.903. The van der Waals surface area contributed by atoms with Gasteiger partial charge in [-0.1, -0.05) is 0 Å². The van der Waals surface area contributed by atoms with E-state index < -0.39 is 0 Å². The molecular formula is C6H4IN3O2. The van der Waals surface area contributed by atoms with Crippen molar-refractivity contribution in [3.63, 3.8) is 0 Å². The molecule has 12 heavy (non-hydrogen) atoms. The van der Waals surface area contributed by atoms with Crippen LogP contribution in [0.1, 0.15) is 5.69 Å². The van der Waals surface area contributed by atoms with Gasteiger partial charge in [0.15, 0.2) is 6.39 Å². The van der Waals surface area contributed by atoms with Gasteiger partial charge in [-0.15, -0.1) is 10.2 Å². The average Bonchev–Trinajstić information content (AvgIpc) is 2.58. The van der Waals surface area contributed by atoms with E-state index >= 15 is 0 Å². The Hall–Kier alpha value is -0.920. The molecule has 6 heteroatoms. The minimum atomic E-state index is 0.370. The Kier molecular flexibility index (Phi) is 1.83. The molecule has 2 aromatic rings. The van der Waals surface area contributed by atoms with Crippen molar-refractivity contribution in [3.8, 4) is 11.7 Å². The fourth-order valence-electron chi connectivity index (χ4n) is 0.804. The highest BCUT2D eigenvalue weighted by Crippen LogP contribution is 2.20. The predicted octanol–water partition coefficient (Wildman–Crippen LogP) is 1.64. The normalized spacial score (nSPS) is 10.5. The molecule has 0 aliphatic heterocycles. The highest BCUT2D eigenvalue weighted by molar-refractivity contribution is 14.1. The fraction of sp³-hybridized carbons (Fsp3) is 0.167. The Morgan fingerprint density at radius 1 is 1.42 bits per heavy atom. The smallest absolute Gasteiger partial charge is 0.286 e.